The molecule has 0 radical (unpaired) electrons. The van der Waals surface area contributed by atoms with E-state index in [9.17, 15) is 4.79 Å². The van der Waals surface area contributed by atoms with Gasteiger partial charge < -0.3 is 10.2 Å². The first-order valence-corrected chi connectivity index (χ1v) is 6.15. The third-order valence-electron chi connectivity index (χ3n) is 3.57. The number of benzene rings is 1. The highest BCUT2D eigenvalue weighted by atomic mass is 16.2. The number of piperazine rings is 2. The van der Waals surface area contributed by atoms with Crippen molar-refractivity contribution in [2.75, 3.05) is 37.6 Å². The molecule has 2 fully saturated rings. The van der Waals surface area contributed by atoms with Gasteiger partial charge in [0.15, 0.2) is 0 Å². The van der Waals surface area contributed by atoms with Crippen molar-refractivity contribution in [1.29, 1.82) is 0 Å². The van der Waals surface area contributed by atoms with E-state index in [2.05, 4.69) is 10.2 Å². The topological polar surface area (TPSA) is 35.6 Å². The number of carbonyl (C=O) groups is 1. The molecule has 1 amide bonds. The Labute approximate surface area is 101 Å². The van der Waals surface area contributed by atoms with Crippen LogP contribution in [0.1, 0.15) is 0 Å². The number of anilines is 1. The molecule has 1 atom stereocenters. The van der Waals surface area contributed by atoms with Gasteiger partial charge >= 0.3 is 0 Å². The number of hydrogen-bond acceptors (Lipinski definition) is 3. The predicted molar refractivity (Wildman–Crippen MR) is 67.0 cm³/mol. The van der Waals surface area contributed by atoms with Crippen molar-refractivity contribution in [3.63, 3.8) is 0 Å². The molecule has 0 bridgehead atoms. The summed E-state index contributed by atoms with van der Waals surface area (Å²) >= 11 is 0. The van der Waals surface area contributed by atoms with E-state index in [1.165, 1.54) is 0 Å². The van der Waals surface area contributed by atoms with Crippen molar-refractivity contribution in [3.8, 4) is 0 Å². The molecule has 0 saturated carbocycles. The summed E-state index contributed by atoms with van der Waals surface area (Å²) in [4.78, 5) is 16.3. The Balaban J connectivity index is 1.80. The molecule has 1 N–H and O–H groups in total. The molecule has 4 nitrogen and oxygen atoms in total. The average Bonchev–Trinajstić information content (AvgIpc) is 2.39. The number of nitrogens with one attached hydrogen (secondary N) is 1. The smallest absolute Gasteiger partial charge is 0.241 e. The maximum atomic E-state index is 12.1. The summed E-state index contributed by atoms with van der Waals surface area (Å²) in [7, 11) is 0. The summed E-state index contributed by atoms with van der Waals surface area (Å²) in [6.07, 6.45) is 0. The van der Waals surface area contributed by atoms with Crippen LogP contribution in [0.4, 0.5) is 5.69 Å². The van der Waals surface area contributed by atoms with Gasteiger partial charge in [0.1, 0.15) is 0 Å². The second kappa shape index (κ2) is 4.47. The second-order valence-corrected chi connectivity index (χ2v) is 4.67. The Bertz CT molecular complexity index is 406. The lowest BCUT2D eigenvalue weighted by Gasteiger charge is -2.43. The van der Waals surface area contributed by atoms with E-state index in [0.717, 1.165) is 31.9 Å². The summed E-state index contributed by atoms with van der Waals surface area (Å²) < 4.78 is 0. The fourth-order valence-electron chi connectivity index (χ4n) is 2.62. The molecule has 1 unspecified atom stereocenters. The predicted octanol–water partition coefficient (Wildman–Crippen LogP) is 0.307. The summed E-state index contributed by atoms with van der Waals surface area (Å²) in [6.45, 7) is 4.32. The Morgan fingerprint density at radius 1 is 1.24 bits per heavy atom. The first-order valence-electron chi connectivity index (χ1n) is 6.15. The lowest BCUT2D eigenvalue weighted by Crippen LogP contribution is -2.63. The monoisotopic (exact) mass is 231 g/mol. The van der Waals surface area contributed by atoms with Gasteiger partial charge in [-0.1, -0.05) is 18.2 Å². The van der Waals surface area contributed by atoms with Crippen LogP contribution in [0.3, 0.4) is 0 Å². The van der Waals surface area contributed by atoms with Crippen molar-refractivity contribution in [1.82, 2.24) is 10.2 Å². The molecule has 3 rings (SSSR count). The summed E-state index contributed by atoms with van der Waals surface area (Å²) in [5.74, 6) is 0.217. The van der Waals surface area contributed by atoms with E-state index in [4.69, 9.17) is 0 Å². The zero-order chi connectivity index (χ0) is 11.7. The summed E-state index contributed by atoms with van der Waals surface area (Å²) in [5.41, 5.74) is 1.02. The van der Waals surface area contributed by atoms with Crippen LogP contribution >= 0.6 is 0 Å². The van der Waals surface area contributed by atoms with Gasteiger partial charge in [0.05, 0.1) is 6.54 Å². The highest BCUT2D eigenvalue weighted by Crippen LogP contribution is 2.20. The normalized spacial score (nSPS) is 25.8. The van der Waals surface area contributed by atoms with Crippen LogP contribution in [0.2, 0.25) is 0 Å². The van der Waals surface area contributed by atoms with Crippen molar-refractivity contribution in [2.24, 2.45) is 0 Å². The minimum Gasteiger partial charge on any atom is -0.314 e. The van der Waals surface area contributed by atoms with Crippen molar-refractivity contribution < 1.29 is 4.79 Å². The van der Waals surface area contributed by atoms with Gasteiger partial charge in [-0.25, -0.2) is 0 Å². The molecule has 2 saturated heterocycles. The molecule has 0 aliphatic carbocycles. The van der Waals surface area contributed by atoms with E-state index in [1.54, 1.807) is 0 Å². The Morgan fingerprint density at radius 2 is 2.06 bits per heavy atom. The zero-order valence-electron chi connectivity index (χ0n) is 9.80. The SMILES string of the molecule is O=C1CN2CCNCC2CN1c1ccccc1. The van der Waals surface area contributed by atoms with E-state index in [1.807, 2.05) is 35.2 Å². The number of carbonyl (C=O) groups excluding carboxylic acids is 1. The molecule has 4 heteroatoms. The Hall–Kier alpha value is -1.39. The van der Waals surface area contributed by atoms with Crippen molar-refractivity contribution >= 4 is 11.6 Å². The van der Waals surface area contributed by atoms with E-state index in [0.29, 0.717) is 12.6 Å². The van der Waals surface area contributed by atoms with Gasteiger partial charge in [0.25, 0.3) is 0 Å². The number of amides is 1. The zero-order valence-corrected chi connectivity index (χ0v) is 9.80. The molecule has 0 aromatic heterocycles. The van der Waals surface area contributed by atoms with Gasteiger partial charge in [-0.15, -0.1) is 0 Å². The van der Waals surface area contributed by atoms with E-state index in [-0.39, 0.29) is 5.91 Å². The maximum Gasteiger partial charge on any atom is 0.241 e. The summed E-state index contributed by atoms with van der Waals surface area (Å²) in [5, 5.41) is 3.39. The molecule has 2 aliphatic heterocycles. The van der Waals surface area contributed by atoms with Gasteiger partial charge in [0.2, 0.25) is 5.91 Å². The van der Waals surface area contributed by atoms with Gasteiger partial charge in [-0.3, -0.25) is 9.69 Å². The maximum absolute atomic E-state index is 12.1. The number of para-hydroxylation sites is 1. The third-order valence-corrected chi connectivity index (χ3v) is 3.57. The molecule has 1 aromatic rings. The van der Waals surface area contributed by atoms with Crippen LogP contribution in [0.25, 0.3) is 0 Å². The molecule has 2 aliphatic rings. The fourth-order valence-corrected chi connectivity index (χ4v) is 2.62. The standard InChI is InChI=1S/C13H17N3O/c17-13-10-15-7-6-14-8-12(15)9-16(13)11-4-2-1-3-5-11/h1-5,12,14H,6-10H2. The minimum absolute atomic E-state index is 0.217. The second-order valence-electron chi connectivity index (χ2n) is 4.67. The molecule has 2 heterocycles. The van der Waals surface area contributed by atoms with Crippen LogP contribution in [-0.4, -0.2) is 49.6 Å². The van der Waals surface area contributed by atoms with Crippen LogP contribution in [0, 0.1) is 0 Å². The van der Waals surface area contributed by atoms with Gasteiger partial charge in [-0.2, -0.15) is 0 Å². The summed E-state index contributed by atoms with van der Waals surface area (Å²) in [6, 6.07) is 10.4. The van der Waals surface area contributed by atoms with Crippen molar-refractivity contribution in [2.45, 2.75) is 6.04 Å². The lowest BCUT2D eigenvalue weighted by molar-refractivity contribution is -0.122. The Morgan fingerprint density at radius 3 is 2.88 bits per heavy atom. The average molecular weight is 231 g/mol. The number of rotatable bonds is 1. The minimum atomic E-state index is 0.217. The van der Waals surface area contributed by atoms with E-state index < -0.39 is 0 Å². The van der Waals surface area contributed by atoms with Gasteiger partial charge in [-0.05, 0) is 12.1 Å². The number of hydrogen-bond donors (Lipinski definition) is 1. The first kappa shape index (κ1) is 10.7. The molecule has 17 heavy (non-hydrogen) atoms. The van der Waals surface area contributed by atoms with Crippen LogP contribution < -0.4 is 10.2 Å². The molecule has 1 aromatic carbocycles. The number of fused-ring (bicyclic) bond motifs is 1. The third kappa shape index (κ3) is 2.06. The highest BCUT2D eigenvalue weighted by Gasteiger charge is 2.33. The van der Waals surface area contributed by atoms with E-state index >= 15 is 0 Å². The van der Waals surface area contributed by atoms with Crippen LogP contribution in [-0.2, 0) is 4.79 Å². The number of nitrogens with zero attached hydrogens (tertiary/aromatic N) is 2. The van der Waals surface area contributed by atoms with Gasteiger partial charge in [0, 0.05) is 37.9 Å². The molecular weight excluding hydrogens is 214 g/mol. The van der Waals surface area contributed by atoms with Crippen LogP contribution in [0.15, 0.2) is 30.3 Å². The molecular formula is C13H17N3O. The van der Waals surface area contributed by atoms with Crippen molar-refractivity contribution in [3.05, 3.63) is 30.3 Å². The largest absolute Gasteiger partial charge is 0.314 e. The quantitative estimate of drug-likeness (QED) is 0.755. The molecule has 0 spiro atoms. The fraction of sp³-hybridized carbons (Fsp3) is 0.462. The Kier molecular flexibility index (Phi) is 2.82. The molecule has 90 valence electrons. The highest BCUT2D eigenvalue weighted by molar-refractivity contribution is 5.95. The first-order chi connectivity index (χ1) is 8.34. The lowest BCUT2D eigenvalue weighted by atomic mass is 10.1. The van der Waals surface area contributed by atoms with Crippen LogP contribution in [0.5, 0.6) is 0 Å².